The number of aliphatic imine (C=N–C) groups is 1. The molecule has 8 heteroatoms. The van der Waals surface area contributed by atoms with Crippen molar-refractivity contribution in [1.29, 1.82) is 0 Å². The van der Waals surface area contributed by atoms with Gasteiger partial charge in [0.15, 0.2) is 5.96 Å². The van der Waals surface area contributed by atoms with Crippen molar-refractivity contribution in [1.82, 2.24) is 10.2 Å². The summed E-state index contributed by atoms with van der Waals surface area (Å²) in [6.07, 6.45) is -3.79. The Hall–Kier alpha value is -2.12. The van der Waals surface area contributed by atoms with Gasteiger partial charge in [-0.25, -0.2) is 0 Å². The predicted octanol–water partition coefficient (Wildman–Crippen LogP) is 2.30. The molecule has 0 radical (unpaired) electrons. The molecular formula is C15H21F3N4O. The van der Waals surface area contributed by atoms with Crippen LogP contribution >= 0.6 is 0 Å². The molecule has 1 aliphatic heterocycles. The maximum Gasteiger partial charge on any atom is 0.573 e. The first kappa shape index (κ1) is 17.2. The summed E-state index contributed by atoms with van der Waals surface area (Å²) in [6.45, 7) is 1.46. The van der Waals surface area contributed by atoms with Crippen LogP contribution in [0.25, 0.3) is 0 Å². The fourth-order valence-corrected chi connectivity index (χ4v) is 2.57. The average molecular weight is 330 g/mol. The highest BCUT2D eigenvalue weighted by molar-refractivity contribution is 5.79. The molecule has 0 spiro atoms. The molecule has 2 rings (SSSR count). The second kappa shape index (κ2) is 6.97. The van der Waals surface area contributed by atoms with Gasteiger partial charge < -0.3 is 19.9 Å². The highest BCUT2D eigenvalue weighted by Gasteiger charge is 2.31. The summed E-state index contributed by atoms with van der Waals surface area (Å²) in [5.41, 5.74) is 0.718. The van der Waals surface area contributed by atoms with Gasteiger partial charge in [-0.15, -0.1) is 13.2 Å². The minimum absolute atomic E-state index is 0.197. The maximum atomic E-state index is 12.3. The fourth-order valence-electron chi connectivity index (χ4n) is 2.57. The van der Waals surface area contributed by atoms with Gasteiger partial charge >= 0.3 is 6.36 Å². The van der Waals surface area contributed by atoms with E-state index in [1.165, 1.54) is 12.1 Å². The van der Waals surface area contributed by atoms with Crippen molar-refractivity contribution in [3.63, 3.8) is 0 Å². The van der Waals surface area contributed by atoms with Crippen LogP contribution in [0.2, 0.25) is 0 Å². The van der Waals surface area contributed by atoms with Crippen molar-refractivity contribution < 1.29 is 17.9 Å². The molecule has 1 aromatic rings. The molecule has 1 N–H and O–H groups in total. The Morgan fingerprint density at radius 1 is 1.39 bits per heavy atom. The minimum atomic E-state index is -4.67. The van der Waals surface area contributed by atoms with Crippen molar-refractivity contribution in [3.05, 3.63) is 24.3 Å². The van der Waals surface area contributed by atoms with Gasteiger partial charge in [-0.3, -0.25) is 4.99 Å². The first-order valence-electron chi connectivity index (χ1n) is 7.30. The van der Waals surface area contributed by atoms with Gasteiger partial charge in [0.05, 0.1) is 0 Å². The van der Waals surface area contributed by atoms with Crippen molar-refractivity contribution >= 4 is 11.6 Å². The van der Waals surface area contributed by atoms with Crippen LogP contribution in [0.15, 0.2) is 29.3 Å². The van der Waals surface area contributed by atoms with Gasteiger partial charge in [0, 0.05) is 52.0 Å². The Balaban J connectivity index is 2.00. The SMILES string of the molecule is CN=C(NC1CCN(c2cccc(OC(F)(F)F)c2)C1)N(C)C. The number of nitrogens with one attached hydrogen (secondary N) is 1. The lowest BCUT2D eigenvalue weighted by atomic mass is 10.2. The molecule has 1 heterocycles. The van der Waals surface area contributed by atoms with E-state index in [-0.39, 0.29) is 11.8 Å². The second-order valence-corrected chi connectivity index (χ2v) is 5.56. The lowest BCUT2D eigenvalue weighted by Crippen LogP contribution is -2.43. The van der Waals surface area contributed by atoms with Crippen molar-refractivity contribution in [2.75, 3.05) is 39.1 Å². The monoisotopic (exact) mass is 330 g/mol. The minimum Gasteiger partial charge on any atom is -0.406 e. The highest BCUT2D eigenvalue weighted by Crippen LogP contribution is 2.28. The number of ether oxygens (including phenoxy) is 1. The van der Waals surface area contributed by atoms with Crippen molar-refractivity contribution in [2.24, 2.45) is 4.99 Å². The summed E-state index contributed by atoms with van der Waals surface area (Å²) < 4.78 is 40.9. The van der Waals surface area contributed by atoms with Crippen LogP contribution in [-0.2, 0) is 0 Å². The summed E-state index contributed by atoms with van der Waals surface area (Å²) in [5, 5.41) is 3.34. The number of anilines is 1. The standard InChI is InChI=1S/C15H21F3N4O/c1-19-14(21(2)3)20-11-7-8-22(10-11)12-5-4-6-13(9-12)23-15(16,17)18/h4-6,9,11H,7-8,10H2,1-3H3,(H,19,20). The normalized spacial score (nSPS) is 19.0. The first-order chi connectivity index (χ1) is 10.8. The number of hydrogen-bond acceptors (Lipinski definition) is 3. The van der Waals surface area contributed by atoms with E-state index in [0.29, 0.717) is 6.54 Å². The molecule has 0 aromatic heterocycles. The van der Waals surface area contributed by atoms with E-state index < -0.39 is 6.36 Å². The van der Waals surface area contributed by atoms with Crippen LogP contribution in [0.3, 0.4) is 0 Å². The molecule has 128 valence electrons. The summed E-state index contributed by atoms with van der Waals surface area (Å²) in [5.74, 6) is 0.585. The predicted molar refractivity (Wildman–Crippen MR) is 83.9 cm³/mol. The molecule has 1 aromatic carbocycles. The van der Waals surface area contributed by atoms with Crippen LogP contribution in [0, 0.1) is 0 Å². The highest BCUT2D eigenvalue weighted by atomic mass is 19.4. The van der Waals surface area contributed by atoms with Crippen molar-refractivity contribution in [3.8, 4) is 5.75 Å². The molecule has 5 nitrogen and oxygen atoms in total. The lowest BCUT2D eigenvalue weighted by molar-refractivity contribution is -0.274. The number of guanidine groups is 1. The summed E-state index contributed by atoms with van der Waals surface area (Å²) >= 11 is 0. The molecule has 0 bridgehead atoms. The van der Waals surface area contributed by atoms with Gasteiger partial charge in [0.1, 0.15) is 5.75 Å². The third kappa shape index (κ3) is 4.94. The van der Waals surface area contributed by atoms with Crippen LogP contribution in [0.4, 0.5) is 18.9 Å². The number of halogens is 3. The second-order valence-electron chi connectivity index (χ2n) is 5.56. The zero-order chi connectivity index (χ0) is 17.0. The number of alkyl halides is 3. The number of nitrogens with zero attached hydrogens (tertiary/aromatic N) is 3. The van der Waals surface area contributed by atoms with E-state index in [0.717, 1.165) is 24.6 Å². The number of benzene rings is 1. The van der Waals surface area contributed by atoms with E-state index in [2.05, 4.69) is 15.0 Å². The summed E-state index contributed by atoms with van der Waals surface area (Å²) in [6, 6.07) is 6.26. The van der Waals surface area contributed by atoms with Gasteiger partial charge in [-0.05, 0) is 18.6 Å². The molecule has 0 aliphatic carbocycles. The van der Waals surface area contributed by atoms with Crippen LogP contribution in [-0.4, -0.2) is 57.5 Å². The Morgan fingerprint density at radius 3 is 2.74 bits per heavy atom. The maximum absolute atomic E-state index is 12.3. The Labute approximate surface area is 133 Å². The van der Waals surface area contributed by atoms with Gasteiger partial charge in [-0.2, -0.15) is 0 Å². The largest absolute Gasteiger partial charge is 0.573 e. The topological polar surface area (TPSA) is 40.1 Å². The first-order valence-corrected chi connectivity index (χ1v) is 7.30. The molecule has 1 saturated heterocycles. The Bertz CT molecular complexity index is 560. The number of rotatable bonds is 3. The van der Waals surface area contributed by atoms with Crippen LogP contribution in [0.1, 0.15) is 6.42 Å². The van der Waals surface area contributed by atoms with Crippen LogP contribution in [0.5, 0.6) is 5.75 Å². The lowest BCUT2D eigenvalue weighted by Gasteiger charge is -2.23. The zero-order valence-corrected chi connectivity index (χ0v) is 13.4. The van der Waals surface area contributed by atoms with Crippen molar-refractivity contribution in [2.45, 2.75) is 18.8 Å². The zero-order valence-electron chi connectivity index (χ0n) is 13.4. The molecule has 1 aliphatic rings. The molecule has 0 amide bonds. The molecule has 1 unspecified atom stereocenters. The van der Waals surface area contributed by atoms with E-state index >= 15 is 0 Å². The van der Waals surface area contributed by atoms with E-state index in [1.54, 1.807) is 19.2 Å². The fraction of sp³-hybridized carbons (Fsp3) is 0.533. The summed E-state index contributed by atoms with van der Waals surface area (Å²) in [4.78, 5) is 8.09. The molecular weight excluding hydrogens is 309 g/mol. The van der Waals surface area contributed by atoms with Crippen LogP contribution < -0.4 is 15.0 Å². The summed E-state index contributed by atoms with van der Waals surface area (Å²) in [7, 11) is 5.52. The Kier molecular flexibility index (Phi) is 5.23. The molecule has 1 fully saturated rings. The van der Waals surface area contributed by atoms with E-state index in [4.69, 9.17) is 0 Å². The van der Waals surface area contributed by atoms with E-state index in [9.17, 15) is 13.2 Å². The molecule has 1 atom stereocenters. The molecule has 0 saturated carbocycles. The third-order valence-corrected chi connectivity index (χ3v) is 3.57. The third-order valence-electron chi connectivity index (χ3n) is 3.57. The van der Waals surface area contributed by atoms with Gasteiger partial charge in [0.25, 0.3) is 0 Å². The van der Waals surface area contributed by atoms with Gasteiger partial charge in [0.2, 0.25) is 0 Å². The molecule has 23 heavy (non-hydrogen) atoms. The Morgan fingerprint density at radius 2 is 2.13 bits per heavy atom. The van der Waals surface area contributed by atoms with Gasteiger partial charge in [-0.1, -0.05) is 6.07 Å². The average Bonchev–Trinajstić information content (AvgIpc) is 2.91. The quantitative estimate of drug-likeness (QED) is 0.682. The number of hydrogen-bond donors (Lipinski definition) is 1. The van der Waals surface area contributed by atoms with E-state index in [1.807, 2.05) is 23.9 Å². The smallest absolute Gasteiger partial charge is 0.406 e.